The summed E-state index contributed by atoms with van der Waals surface area (Å²) in [4.78, 5) is 0. The number of hydrogen-bond acceptors (Lipinski definition) is 1. The van der Waals surface area contributed by atoms with Crippen molar-refractivity contribution >= 4 is 15.9 Å². The Morgan fingerprint density at radius 1 is 1.06 bits per heavy atom. The van der Waals surface area contributed by atoms with E-state index in [1.165, 1.54) is 31.2 Å². The third kappa shape index (κ3) is 5.13. The summed E-state index contributed by atoms with van der Waals surface area (Å²) in [5.41, 5.74) is 1.36. The van der Waals surface area contributed by atoms with Gasteiger partial charge in [0.05, 0.1) is 0 Å². The molecule has 0 saturated carbocycles. The fraction of sp³-hybridized carbons (Fsp3) is 0.571. The molecule has 0 amide bonds. The molecule has 1 aromatic rings. The Labute approximate surface area is 108 Å². The summed E-state index contributed by atoms with van der Waals surface area (Å²) >= 11 is 3.45. The van der Waals surface area contributed by atoms with E-state index in [9.17, 15) is 0 Å². The van der Waals surface area contributed by atoms with Crippen LogP contribution in [0.1, 0.15) is 45.1 Å². The van der Waals surface area contributed by atoms with Gasteiger partial charge < -0.3 is 5.32 Å². The van der Waals surface area contributed by atoms with Gasteiger partial charge in [-0.15, -0.1) is 0 Å². The second-order valence-electron chi connectivity index (χ2n) is 4.28. The highest BCUT2D eigenvalue weighted by Gasteiger charge is 2.05. The van der Waals surface area contributed by atoms with E-state index in [-0.39, 0.29) is 0 Å². The summed E-state index contributed by atoms with van der Waals surface area (Å²) < 4.78 is 1.15. The molecule has 0 aliphatic carbocycles. The zero-order valence-electron chi connectivity index (χ0n) is 10.3. The highest BCUT2D eigenvalue weighted by atomic mass is 79.9. The summed E-state index contributed by atoms with van der Waals surface area (Å²) in [6.07, 6.45) is 5.09. The second-order valence-corrected chi connectivity index (χ2v) is 5.20. The molecule has 0 unspecified atom stereocenters. The van der Waals surface area contributed by atoms with Gasteiger partial charge in [-0.2, -0.15) is 0 Å². The largest absolute Gasteiger partial charge is 0.310 e. The second kappa shape index (κ2) is 7.86. The van der Waals surface area contributed by atoms with E-state index in [2.05, 4.69) is 59.4 Å². The predicted molar refractivity (Wildman–Crippen MR) is 74.6 cm³/mol. The minimum Gasteiger partial charge on any atom is -0.310 e. The van der Waals surface area contributed by atoms with Gasteiger partial charge in [0.15, 0.2) is 0 Å². The van der Waals surface area contributed by atoms with Crippen molar-refractivity contribution in [3.8, 4) is 0 Å². The van der Waals surface area contributed by atoms with Gasteiger partial charge >= 0.3 is 0 Å². The lowest BCUT2D eigenvalue weighted by Crippen LogP contribution is -2.28. The number of hydrogen-bond donors (Lipinski definition) is 1. The van der Waals surface area contributed by atoms with E-state index >= 15 is 0 Å². The summed E-state index contributed by atoms with van der Waals surface area (Å²) in [5.74, 6) is 0. The van der Waals surface area contributed by atoms with Crippen LogP contribution in [0.3, 0.4) is 0 Å². The van der Waals surface area contributed by atoms with E-state index in [1.807, 2.05) is 0 Å². The molecule has 0 atom stereocenters. The van der Waals surface area contributed by atoms with Crippen LogP contribution in [-0.4, -0.2) is 6.04 Å². The van der Waals surface area contributed by atoms with Crippen molar-refractivity contribution in [2.45, 2.75) is 52.1 Å². The molecule has 0 radical (unpaired) electrons. The Kier molecular flexibility index (Phi) is 6.74. The molecule has 90 valence electrons. The van der Waals surface area contributed by atoms with Crippen molar-refractivity contribution in [3.63, 3.8) is 0 Å². The van der Waals surface area contributed by atoms with Gasteiger partial charge in [-0.05, 0) is 30.5 Å². The van der Waals surface area contributed by atoms with Crippen LogP contribution in [0.4, 0.5) is 0 Å². The van der Waals surface area contributed by atoms with Crippen LogP contribution in [-0.2, 0) is 6.54 Å². The van der Waals surface area contributed by atoms with Crippen LogP contribution in [0.25, 0.3) is 0 Å². The smallest absolute Gasteiger partial charge is 0.0208 e. The highest BCUT2D eigenvalue weighted by Crippen LogP contribution is 2.11. The number of halogens is 1. The van der Waals surface area contributed by atoms with Gasteiger partial charge in [0.25, 0.3) is 0 Å². The van der Waals surface area contributed by atoms with Gasteiger partial charge in [-0.1, -0.05) is 54.8 Å². The van der Waals surface area contributed by atoms with Gasteiger partial charge in [0.1, 0.15) is 0 Å². The molecule has 0 aromatic heterocycles. The van der Waals surface area contributed by atoms with E-state index in [1.54, 1.807) is 0 Å². The van der Waals surface area contributed by atoms with E-state index in [0.717, 1.165) is 11.0 Å². The van der Waals surface area contributed by atoms with Gasteiger partial charge in [-0.25, -0.2) is 0 Å². The van der Waals surface area contributed by atoms with Crippen LogP contribution in [0.2, 0.25) is 0 Å². The Bertz CT molecular complexity index is 275. The maximum absolute atomic E-state index is 3.64. The first-order valence-corrected chi connectivity index (χ1v) is 7.03. The first-order valence-electron chi connectivity index (χ1n) is 6.24. The van der Waals surface area contributed by atoms with Crippen LogP contribution in [0.5, 0.6) is 0 Å². The zero-order valence-corrected chi connectivity index (χ0v) is 11.9. The van der Waals surface area contributed by atoms with E-state index < -0.39 is 0 Å². The Hall–Kier alpha value is -0.340. The van der Waals surface area contributed by atoms with Crippen molar-refractivity contribution in [2.24, 2.45) is 0 Å². The van der Waals surface area contributed by atoms with Crippen LogP contribution in [0.15, 0.2) is 28.7 Å². The molecule has 0 fully saturated rings. The van der Waals surface area contributed by atoms with E-state index in [0.29, 0.717) is 6.04 Å². The lowest BCUT2D eigenvalue weighted by atomic mass is 10.1. The molecule has 16 heavy (non-hydrogen) atoms. The van der Waals surface area contributed by atoms with Crippen LogP contribution >= 0.6 is 15.9 Å². The molecule has 2 heteroatoms. The third-order valence-corrected chi connectivity index (χ3v) is 3.31. The number of benzene rings is 1. The molecule has 1 rings (SSSR count). The Morgan fingerprint density at radius 2 is 1.62 bits per heavy atom. The molecule has 0 saturated heterocycles. The average molecular weight is 284 g/mol. The lowest BCUT2D eigenvalue weighted by molar-refractivity contribution is 0.443. The fourth-order valence-corrected chi connectivity index (χ4v) is 2.17. The number of nitrogens with one attached hydrogen (secondary N) is 1. The first-order chi connectivity index (χ1) is 7.76. The quantitative estimate of drug-likeness (QED) is 0.777. The van der Waals surface area contributed by atoms with Crippen molar-refractivity contribution < 1.29 is 0 Å². The fourth-order valence-electron chi connectivity index (χ4n) is 1.91. The molecule has 0 heterocycles. The predicted octanol–water partition coefficient (Wildman–Crippen LogP) is 4.51. The molecule has 1 nitrogen and oxygen atoms in total. The summed E-state index contributed by atoms with van der Waals surface area (Å²) in [7, 11) is 0. The van der Waals surface area contributed by atoms with E-state index in [4.69, 9.17) is 0 Å². The highest BCUT2D eigenvalue weighted by molar-refractivity contribution is 9.10. The van der Waals surface area contributed by atoms with Gasteiger partial charge in [-0.3, -0.25) is 0 Å². The molecular weight excluding hydrogens is 262 g/mol. The molecular formula is C14H22BrN. The maximum atomic E-state index is 3.64. The van der Waals surface area contributed by atoms with Crippen LogP contribution < -0.4 is 5.32 Å². The molecule has 0 bridgehead atoms. The van der Waals surface area contributed by atoms with Crippen molar-refractivity contribution in [1.82, 2.24) is 5.32 Å². The van der Waals surface area contributed by atoms with Crippen molar-refractivity contribution in [3.05, 3.63) is 34.3 Å². The molecule has 1 aromatic carbocycles. The molecule has 0 spiro atoms. The van der Waals surface area contributed by atoms with Crippen LogP contribution in [0, 0.1) is 0 Å². The maximum Gasteiger partial charge on any atom is 0.0208 e. The summed E-state index contributed by atoms with van der Waals surface area (Å²) in [6.45, 7) is 5.49. The molecule has 1 N–H and O–H groups in total. The summed E-state index contributed by atoms with van der Waals surface area (Å²) in [6, 6.07) is 9.23. The minimum absolute atomic E-state index is 0.679. The average Bonchev–Trinajstić information content (AvgIpc) is 2.29. The minimum atomic E-state index is 0.679. The zero-order chi connectivity index (χ0) is 11.8. The normalized spacial score (nSPS) is 11.0. The molecule has 0 aliphatic rings. The summed E-state index contributed by atoms with van der Waals surface area (Å²) in [5, 5.41) is 3.64. The topological polar surface area (TPSA) is 12.0 Å². The van der Waals surface area contributed by atoms with Crippen molar-refractivity contribution in [2.75, 3.05) is 0 Å². The first kappa shape index (κ1) is 13.7. The number of rotatable bonds is 7. The van der Waals surface area contributed by atoms with Gasteiger partial charge in [0, 0.05) is 17.1 Å². The monoisotopic (exact) mass is 283 g/mol. The van der Waals surface area contributed by atoms with Crippen molar-refractivity contribution in [1.29, 1.82) is 0 Å². The Morgan fingerprint density at radius 3 is 2.12 bits per heavy atom. The Balaban J connectivity index is 2.38. The lowest BCUT2D eigenvalue weighted by Gasteiger charge is -2.17. The molecule has 0 aliphatic heterocycles. The van der Waals surface area contributed by atoms with Gasteiger partial charge in [0.2, 0.25) is 0 Å². The standard InChI is InChI=1S/C14H22BrN/c1-3-5-14(6-4-2)16-11-12-7-9-13(15)10-8-12/h7-10,14,16H,3-6,11H2,1-2H3. The SMILES string of the molecule is CCCC(CCC)NCc1ccc(Br)cc1. The third-order valence-electron chi connectivity index (χ3n) is 2.78.